The minimum absolute atomic E-state index is 0.00431. The quantitative estimate of drug-likeness (QED) is 0.798. The van der Waals surface area contributed by atoms with Crippen LogP contribution in [0.3, 0.4) is 0 Å². The number of hydrogen-bond donors (Lipinski definition) is 1. The molecule has 1 aliphatic rings. The van der Waals surface area contributed by atoms with E-state index in [9.17, 15) is 18.7 Å². The van der Waals surface area contributed by atoms with Crippen molar-refractivity contribution in [3.05, 3.63) is 29.3 Å². The summed E-state index contributed by atoms with van der Waals surface area (Å²) in [4.78, 5) is 11.6. The Morgan fingerprint density at radius 2 is 2.19 bits per heavy atom. The molecule has 5 heteroatoms. The van der Waals surface area contributed by atoms with Crippen molar-refractivity contribution >= 4 is 5.78 Å². The van der Waals surface area contributed by atoms with Crippen molar-refractivity contribution in [1.82, 2.24) is 0 Å². The summed E-state index contributed by atoms with van der Waals surface area (Å²) in [5.74, 6) is -3.23. The van der Waals surface area contributed by atoms with Gasteiger partial charge in [0.15, 0.2) is 5.78 Å². The Bertz CT molecular complexity index is 445. The molecule has 0 aliphatic carbocycles. The van der Waals surface area contributed by atoms with Gasteiger partial charge in [-0.1, -0.05) is 11.6 Å². The summed E-state index contributed by atoms with van der Waals surface area (Å²) < 4.78 is 29.8. The van der Waals surface area contributed by atoms with Crippen LogP contribution in [0, 0.1) is 6.92 Å². The summed E-state index contributed by atoms with van der Waals surface area (Å²) in [6.45, 7) is 1.78. The predicted molar refractivity (Wildman–Crippen MR) is 51.7 cm³/mol. The van der Waals surface area contributed by atoms with Crippen LogP contribution in [0.1, 0.15) is 22.3 Å². The average Bonchev–Trinajstić information content (AvgIpc) is 2.19. The van der Waals surface area contributed by atoms with Crippen LogP contribution >= 0.6 is 0 Å². The number of rotatable bonds is 1. The van der Waals surface area contributed by atoms with E-state index >= 15 is 0 Å². The summed E-state index contributed by atoms with van der Waals surface area (Å²) in [5, 5.41) is 9.44. The molecule has 0 saturated carbocycles. The molecule has 2 rings (SSSR count). The molecule has 1 aromatic rings. The smallest absolute Gasteiger partial charge is 0.302 e. The normalized spacial score (nSPS) is 24.2. The van der Waals surface area contributed by atoms with Crippen LogP contribution in [0.5, 0.6) is 5.75 Å². The molecule has 0 aromatic heterocycles. The number of Topliss-reactive ketones (excluding diaryl/α,β-unsaturated/α-hetero) is 1. The van der Waals surface area contributed by atoms with Crippen LogP contribution in [-0.2, 0) is 0 Å². The molecule has 1 aliphatic heterocycles. The highest BCUT2D eigenvalue weighted by Crippen LogP contribution is 2.35. The zero-order valence-corrected chi connectivity index (χ0v) is 8.54. The Morgan fingerprint density at radius 1 is 1.50 bits per heavy atom. The van der Waals surface area contributed by atoms with Crippen LogP contribution in [-0.4, -0.2) is 23.1 Å². The van der Waals surface area contributed by atoms with Gasteiger partial charge in [0.1, 0.15) is 5.75 Å². The van der Waals surface area contributed by atoms with E-state index in [-0.39, 0.29) is 11.3 Å². The van der Waals surface area contributed by atoms with Crippen molar-refractivity contribution in [3.8, 4) is 5.75 Å². The summed E-state index contributed by atoms with van der Waals surface area (Å²) in [6, 6.07) is 4.60. The Labute approximate surface area is 90.7 Å². The molecule has 0 bridgehead atoms. The monoisotopic (exact) mass is 228 g/mol. The summed E-state index contributed by atoms with van der Waals surface area (Å²) in [7, 11) is 0. The first-order valence-corrected chi connectivity index (χ1v) is 4.76. The second-order valence-electron chi connectivity index (χ2n) is 3.85. The molecular weight excluding hydrogens is 218 g/mol. The molecule has 1 heterocycles. The van der Waals surface area contributed by atoms with Crippen LogP contribution in [0.2, 0.25) is 0 Å². The number of benzene rings is 1. The number of hydrogen-bond acceptors (Lipinski definition) is 3. The Hall–Kier alpha value is -1.49. The first kappa shape index (κ1) is 11.0. The lowest BCUT2D eigenvalue weighted by atomic mass is 9.97. The van der Waals surface area contributed by atoms with E-state index in [1.807, 2.05) is 0 Å². The van der Waals surface area contributed by atoms with Crippen molar-refractivity contribution in [3.63, 3.8) is 0 Å². The van der Waals surface area contributed by atoms with Gasteiger partial charge in [0, 0.05) is 0 Å². The largest absolute Gasteiger partial charge is 0.455 e. The molecular formula is C11H10F2O3. The summed E-state index contributed by atoms with van der Waals surface area (Å²) >= 11 is 0. The molecule has 1 aromatic carbocycles. The van der Waals surface area contributed by atoms with Crippen molar-refractivity contribution in [1.29, 1.82) is 0 Å². The maximum Gasteiger partial charge on any atom is 0.302 e. The first-order chi connectivity index (χ1) is 7.42. The molecule has 0 fully saturated rings. The number of carbonyl (C=O) groups excluding carboxylic acids is 1. The molecule has 0 spiro atoms. The van der Waals surface area contributed by atoms with Crippen molar-refractivity contribution in [2.24, 2.45) is 0 Å². The Kier molecular flexibility index (Phi) is 2.42. The third-order valence-electron chi connectivity index (χ3n) is 2.48. The van der Waals surface area contributed by atoms with E-state index in [0.29, 0.717) is 0 Å². The number of aryl methyl sites for hydroxylation is 1. The fourth-order valence-electron chi connectivity index (χ4n) is 1.62. The van der Waals surface area contributed by atoms with Gasteiger partial charge in [-0.25, -0.2) is 8.78 Å². The fourth-order valence-corrected chi connectivity index (χ4v) is 1.62. The molecule has 0 amide bonds. The van der Waals surface area contributed by atoms with Gasteiger partial charge in [-0.3, -0.25) is 4.79 Å². The van der Waals surface area contributed by atoms with Gasteiger partial charge < -0.3 is 9.84 Å². The number of aliphatic hydroxyl groups is 1. The summed E-state index contributed by atoms with van der Waals surface area (Å²) in [6.07, 6.45) is -3.84. The van der Waals surface area contributed by atoms with Crippen LogP contribution in [0.4, 0.5) is 8.78 Å². The lowest BCUT2D eigenvalue weighted by molar-refractivity contribution is -0.220. The average molecular weight is 228 g/mol. The molecule has 1 N–H and O–H groups in total. The first-order valence-electron chi connectivity index (χ1n) is 4.76. The molecule has 0 saturated heterocycles. The highest BCUT2D eigenvalue weighted by atomic mass is 19.3. The standard InChI is InChI=1S/C11H10F2O3/c1-6-2-3-9-7(4-6)8(14)5-11(15,16-9)10(12)13/h2-4,10,15H,5H2,1H3. The van der Waals surface area contributed by atoms with E-state index in [1.54, 1.807) is 19.1 Å². The van der Waals surface area contributed by atoms with Crippen molar-refractivity contribution < 1.29 is 23.4 Å². The maximum absolute atomic E-state index is 12.5. The van der Waals surface area contributed by atoms with Gasteiger partial charge in [0.25, 0.3) is 5.79 Å². The molecule has 1 unspecified atom stereocenters. The molecule has 16 heavy (non-hydrogen) atoms. The van der Waals surface area contributed by atoms with E-state index in [2.05, 4.69) is 0 Å². The number of alkyl halides is 2. The highest BCUT2D eigenvalue weighted by molar-refractivity contribution is 6.00. The van der Waals surface area contributed by atoms with Gasteiger partial charge in [0.05, 0.1) is 12.0 Å². The van der Waals surface area contributed by atoms with Crippen molar-refractivity contribution in [2.75, 3.05) is 0 Å². The lowest BCUT2D eigenvalue weighted by Gasteiger charge is -2.32. The number of ether oxygens (including phenoxy) is 1. The predicted octanol–water partition coefficient (Wildman–Crippen LogP) is 1.91. The second-order valence-corrected chi connectivity index (χ2v) is 3.85. The zero-order chi connectivity index (χ0) is 11.9. The number of ketones is 1. The minimum Gasteiger partial charge on any atom is -0.455 e. The van der Waals surface area contributed by atoms with E-state index in [0.717, 1.165) is 5.56 Å². The van der Waals surface area contributed by atoms with Gasteiger partial charge in [-0.2, -0.15) is 0 Å². The van der Waals surface area contributed by atoms with E-state index in [1.165, 1.54) is 6.07 Å². The summed E-state index contributed by atoms with van der Waals surface area (Å²) in [5.41, 5.74) is 1.07. The van der Waals surface area contributed by atoms with Gasteiger partial charge in [0.2, 0.25) is 0 Å². The van der Waals surface area contributed by atoms with Crippen LogP contribution in [0.15, 0.2) is 18.2 Å². The van der Waals surface area contributed by atoms with Gasteiger partial charge >= 0.3 is 6.43 Å². The number of carbonyl (C=O) groups is 1. The van der Waals surface area contributed by atoms with Crippen LogP contribution < -0.4 is 4.74 Å². The highest BCUT2D eigenvalue weighted by Gasteiger charge is 2.46. The van der Waals surface area contributed by atoms with Crippen LogP contribution in [0.25, 0.3) is 0 Å². The molecule has 0 radical (unpaired) electrons. The zero-order valence-electron chi connectivity index (χ0n) is 8.54. The van der Waals surface area contributed by atoms with Gasteiger partial charge in [-0.15, -0.1) is 0 Å². The fraction of sp³-hybridized carbons (Fsp3) is 0.364. The molecule has 86 valence electrons. The molecule has 3 nitrogen and oxygen atoms in total. The molecule has 1 atom stereocenters. The SMILES string of the molecule is Cc1ccc2c(c1)C(=O)CC(O)(C(F)F)O2. The Balaban J connectivity index is 2.45. The topological polar surface area (TPSA) is 46.5 Å². The number of halogens is 2. The maximum atomic E-state index is 12.5. The Morgan fingerprint density at radius 3 is 2.81 bits per heavy atom. The number of fused-ring (bicyclic) bond motifs is 1. The lowest BCUT2D eigenvalue weighted by Crippen LogP contribution is -2.48. The third kappa shape index (κ3) is 1.67. The van der Waals surface area contributed by atoms with E-state index in [4.69, 9.17) is 4.74 Å². The third-order valence-corrected chi connectivity index (χ3v) is 2.48. The second kappa shape index (κ2) is 3.52. The van der Waals surface area contributed by atoms with Gasteiger partial charge in [-0.05, 0) is 19.1 Å². The van der Waals surface area contributed by atoms with E-state index < -0.39 is 24.4 Å². The van der Waals surface area contributed by atoms with Crippen molar-refractivity contribution in [2.45, 2.75) is 25.6 Å². The minimum atomic E-state index is -3.12.